The Bertz CT molecular complexity index is 705. The summed E-state index contributed by atoms with van der Waals surface area (Å²) in [5.41, 5.74) is 2.31. The highest BCUT2D eigenvalue weighted by Gasteiger charge is 2.22. The third-order valence-electron chi connectivity index (χ3n) is 3.39. The molecule has 4 nitrogen and oxygen atoms in total. The Kier molecular flexibility index (Phi) is 3.14. The van der Waals surface area contributed by atoms with Gasteiger partial charge in [0.1, 0.15) is 5.69 Å². The van der Waals surface area contributed by atoms with Crippen LogP contribution in [0.4, 0.5) is 4.39 Å². The fraction of sp³-hybridized carbons (Fsp3) is 0.214. The molecule has 0 bridgehead atoms. The maximum absolute atomic E-state index is 13.8. The van der Waals surface area contributed by atoms with Crippen LogP contribution in [-0.4, -0.2) is 34.4 Å². The van der Waals surface area contributed by atoms with Crippen LogP contribution >= 0.6 is 11.6 Å². The molecule has 1 aromatic heterocycles. The summed E-state index contributed by atoms with van der Waals surface area (Å²) in [5.74, 6) is -0.549. The van der Waals surface area contributed by atoms with Gasteiger partial charge >= 0.3 is 0 Å². The molecular weight excluding hydrogens is 281 g/mol. The van der Waals surface area contributed by atoms with Crippen molar-refractivity contribution in [2.45, 2.75) is 6.42 Å². The van der Waals surface area contributed by atoms with E-state index in [0.29, 0.717) is 17.7 Å². The van der Waals surface area contributed by atoms with Gasteiger partial charge in [-0.3, -0.25) is 4.79 Å². The van der Waals surface area contributed by atoms with Crippen molar-refractivity contribution in [3.63, 3.8) is 0 Å². The minimum atomic E-state index is -0.534. The van der Waals surface area contributed by atoms with Crippen LogP contribution < -0.4 is 0 Å². The zero-order valence-corrected chi connectivity index (χ0v) is 11.5. The lowest BCUT2D eigenvalue weighted by atomic mass is 9.96. The second kappa shape index (κ2) is 4.83. The molecule has 0 unspecified atom stereocenters. The molecule has 0 aliphatic carbocycles. The van der Waals surface area contributed by atoms with E-state index in [9.17, 15) is 9.18 Å². The number of fused-ring (bicyclic) bond motifs is 1. The first kappa shape index (κ1) is 13.0. The predicted molar refractivity (Wildman–Crippen MR) is 73.1 cm³/mol. The van der Waals surface area contributed by atoms with Gasteiger partial charge in [0.25, 0.3) is 5.91 Å². The van der Waals surface area contributed by atoms with Gasteiger partial charge in [-0.25, -0.2) is 14.4 Å². The fourth-order valence-corrected chi connectivity index (χ4v) is 2.43. The first-order valence-corrected chi connectivity index (χ1v) is 6.51. The Morgan fingerprint density at radius 3 is 3.00 bits per heavy atom. The Labute approximate surface area is 120 Å². The third kappa shape index (κ3) is 2.14. The normalized spacial score (nSPS) is 14.3. The smallest absolute Gasteiger partial charge is 0.253 e. The zero-order valence-electron chi connectivity index (χ0n) is 10.7. The molecule has 3 rings (SSSR count). The largest absolute Gasteiger partial charge is 0.341 e. The molecule has 2 aromatic rings. The van der Waals surface area contributed by atoms with Crippen LogP contribution in [0.3, 0.4) is 0 Å². The van der Waals surface area contributed by atoms with Crippen molar-refractivity contribution in [1.82, 2.24) is 14.9 Å². The van der Waals surface area contributed by atoms with Gasteiger partial charge in [0, 0.05) is 24.7 Å². The summed E-state index contributed by atoms with van der Waals surface area (Å²) in [4.78, 5) is 21.2. The molecule has 102 valence electrons. The molecule has 1 aromatic carbocycles. The number of halogens is 2. The van der Waals surface area contributed by atoms with Crippen LogP contribution in [0.2, 0.25) is 5.28 Å². The summed E-state index contributed by atoms with van der Waals surface area (Å²) in [5, 5.41) is -0.00469. The van der Waals surface area contributed by atoms with Crippen LogP contribution in [0.5, 0.6) is 0 Å². The number of likely N-dealkylation sites (N-methyl/N-ethyl adjacent to an activating group) is 1. The number of hydrogen-bond acceptors (Lipinski definition) is 3. The average Bonchev–Trinajstić information content (AvgIpc) is 2.45. The summed E-state index contributed by atoms with van der Waals surface area (Å²) < 4.78 is 13.8. The first-order chi connectivity index (χ1) is 9.56. The van der Waals surface area contributed by atoms with Crippen LogP contribution in [0.1, 0.15) is 15.9 Å². The van der Waals surface area contributed by atoms with E-state index in [1.165, 1.54) is 0 Å². The molecule has 1 amide bonds. The summed E-state index contributed by atoms with van der Waals surface area (Å²) in [6.45, 7) is 0.655. The molecule has 2 heterocycles. The average molecular weight is 292 g/mol. The quantitative estimate of drug-likeness (QED) is 0.759. The van der Waals surface area contributed by atoms with E-state index in [4.69, 9.17) is 11.6 Å². The molecule has 1 aliphatic rings. The number of carbonyl (C=O) groups is 1. The number of benzene rings is 1. The van der Waals surface area contributed by atoms with E-state index in [1.54, 1.807) is 30.1 Å². The van der Waals surface area contributed by atoms with Crippen LogP contribution in [0, 0.1) is 5.82 Å². The van der Waals surface area contributed by atoms with Crippen molar-refractivity contribution < 1.29 is 9.18 Å². The fourth-order valence-electron chi connectivity index (χ4n) is 2.30. The third-order valence-corrected chi connectivity index (χ3v) is 3.57. The molecule has 0 saturated carbocycles. The summed E-state index contributed by atoms with van der Waals surface area (Å²) in [6, 6.07) is 5.18. The minimum Gasteiger partial charge on any atom is -0.341 e. The van der Waals surface area contributed by atoms with Gasteiger partial charge in [0.2, 0.25) is 5.28 Å². The Morgan fingerprint density at radius 1 is 1.40 bits per heavy atom. The van der Waals surface area contributed by atoms with Gasteiger partial charge in [-0.15, -0.1) is 0 Å². The molecule has 20 heavy (non-hydrogen) atoms. The lowest BCUT2D eigenvalue weighted by molar-refractivity contribution is 0.0781. The van der Waals surface area contributed by atoms with Crippen LogP contribution in [-0.2, 0) is 6.42 Å². The predicted octanol–water partition coefficient (Wildman–Crippen LogP) is 2.56. The van der Waals surface area contributed by atoms with Crippen LogP contribution in [0.15, 0.2) is 24.4 Å². The van der Waals surface area contributed by atoms with Crippen molar-refractivity contribution in [2.75, 3.05) is 13.6 Å². The van der Waals surface area contributed by atoms with Crippen molar-refractivity contribution >= 4 is 17.5 Å². The zero-order chi connectivity index (χ0) is 14.3. The monoisotopic (exact) mass is 291 g/mol. The lowest BCUT2D eigenvalue weighted by Crippen LogP contribution is -2.34. The van der Waals surface area contributed by atoms with Gasteiger partial charge in [-0.2, -0.15) is 0 Å². The summed E-state index contributed by atoms with van der Waals surface area (Å²) >= 11 is 5.70. The molecule has 0 radical (unpaired) electrons. The van der Waals surface area contributed by atoms with Crippen molar-refractivity contribution in [2.24, 2.45) is 0 Å². The Hall–Kier alpha value is -2.01. The highest BCUT2D eigenvalue weighted by molar-refractivity contribution is 6.28. The first-order valence-electron chi connectivity index (χ1n) is 6.13. The van der Waals surface area contributed by atoms with E-state index in [2.05, 4.69) is 9.97 Å². The van der Waals surface area contributed by atoms with E-state index < -0.39 is 5.82 Å². The molecule has 6 heteroatoms. The van der Waals surface area contributed by atoms with E-state index >= 15 is 0 Å². The summed E-state index contributed by atoms with van der Waals surface area (Å²) in [7, 11) is 1.77. The number of hydrogen-bond donors (Lipinski definition) is 0. The highest BCUT2D eigenvalue weighted by atomic mass is 35.5. The molecule has 0 saturated heterocycles. The van der Waals surface area contributed by atoms with E-state index in [-0.39, 0.29) is 16.9 Å². The molecule has 0 spiro atoms. The minimum absolute atomic E-state index is 0.00469. The second-order valence-corrected chi connectivity index (χ2v) is 5.02. The Balaban J connectivity index is 2.09. The Morgan fingerprint density at radius 2 is 2.20 bits per heavy atom. The van der Waals surface area contributed by atoms with Gasteiger partial charge in [-0.05, 0) is 35.7 Å². The van der Waals surface area contributed by atoms with Crippen molar-refractivity contribution in [1.29, 1.82) is 0 Å². The van der Waals surface area contributed by atoms with E-state index in [0.717, 1.165) is 18.2 Å². The number of aromatic nitrogens is 2. The second-order valence-electron chi connectivity index (χ2n) is 4.68. The topological polar surface area (TPSA) is 46.1 Å². The maximum atomic E-state index is 13.8. The molecule has 0 N–H and O–H groups in total. The number of nitrogens with zero attached hydrogens (tertiary/aromatic N) is 3. The molecule has 1 aliphatic heterocycles. The van der Waals surface area contributed by atoms with Crippen molar-refractivity contribution in [3.05, 3.63) is 46.6 Å². The number of amides is 1. The maximum Gasteiger partial charge on any atom is 0.253 e. The standard InChI is InChI=1S/C14H11ClFN3O/c1-19-5-4-8-6-9(2-3-10(8)13(19)20)12-11(16)7-17-14(15)18-12/h2-3,6-7H,4-5H2,1H3. The van der Waals surface area contributed by atoms with Crippen molar-refractivity contribution in [3.8, 4) is 11.3 Å². The van der Waals surface area contributed by atoms with Gasteiger partial charge in [0.15, 0.2) is 5.82 Å². The molecule has 0 fully saturated rings. The lowest BCUT2D eigenvalue weighted by Gasteiger charge is -2.25. The molecule has 0 atom stereocenters. The van der Waals surface area contributed by atoms with Crippen LogP contribution in [0.25, 0.3) is 11.3 Å². The van der Waals surface area contributed by atoms with Gasteiger partial charge in [0.05, 0.1) is 6.20 Å². The van der Waals surface area contributed by atoms with E-state index in [1.807, 2.05) is 0 Å². The highest BCUT2D eigenvalue weighted by Crippen LogP contribution is 2.26. The SMILES string of the molecule is CN1CCc2cc(-c3nc(Cl)ncc3F)ccc2C1=O. The van der Waals surface area contributed by atoms with Gasteiger partial charge < -0.3 is 4.90 Å². The van der Waals surface area contributed by atoms with Gasteiger partial charge in [-0.1, -0.05) is 6.07 Å². The summed E-state index contributed by atoms with van der Waals surface area (Å²) in [6.07, 6.45) is 1.79. The molecular formula is C14H11ClFN3O. The number of rotatable bonds is 1. The number of carbonyl (C=O) groups excluding carboxylic acids is 1.